The number of aryl methyl sites for hydroxylation is 1. The number of nitrogens with zero attached hydrogens (tertiary/aromatic N) is 6. The van der Waals surface area contributed by atoms with E-state index in [1.54, 1.807) is 0 Å². The molecule has 0 amide bonds. The minimum Gasteiger partial charge on any atom is -0.346 e. The van der Waals surface area contributed by atoms with Crippen molar-refractivity contribution < 1.29 is 0 Å². The van der Waals surface area contributed by atoms with Crippen molar-refractivity contribution in [3.8, 4) is 22.4 Å². The zero-order valence-corrected chi connectivity index (χ0v) is 21.8. The normalized spacial score (nSPS) is 15.8. The lowest BCUT2D eigenvalue weighted by Gasteiger charge is -2.40. The maximum absolute atomic E-state index is 7.38. The SMILES string of the molecule is [C-]#[N+]c1ccc(-c2c(-c3ccc4c(cnn4C)c3)ncc3c2ccn3CC2(CC)CCN(C)CC2)cc1. The fraction of sp³-hybridized carbons (Fsp3) is 0.323. The first-order valence-corrected chi connectivity index (χ1v) is 13.1. The fourth-order valence-electron chi connectivity index (χ4n) is 5.90. The molecule has 37 heavy (non-hydrogen) atoms. The number of hydrogen-bond acceptors (Lipinski definition) is 3. The van der Waals surface area contributed by atoms with Gasteiger partial charge >= 0.3 is 0 Å². The Labute approximate surface area is 218 Å². The van der Waals surface area contributed by atoms with Gasteiger partial charge in [-0.2, -0.15) is 5.10 Å². The average molecular weight is 489 g/mol. The summed E-state index contributed by atoms with van der Waals surface area (Å²) in [6.45, 7) is 13.0. The first kappa shape index (κ1) is 23.4. The van der Waals surface area contributed by atoms with Crippen LogP contribution in [0.4, 0.5) is 5.69 Å². The zero-order valence-electron chi connectivity index (χ0n) is 21.8. The summed E-state index contributed by atoms with van der Waals surface area (Å²) >= 11 is 0. The van der Waals surface area contributed by atoms with Crippen LogP contribution in [-0.4, -0.2) is 44.4 Å². The molecule has 1 aliphatic heterocycles. The number of fused-ring (bicyclic) bond motifs is 2. The second kappa shape index (κ2) is 9.17. The number of hydrogen-bond donors (Lipinski definition) is 0. The highest BCUT2D eigenvalue weighted by atomic mass is 15.2. The third kappa shape index (κ3) is 4.10. The van der Waals surface area contributed by atoms with Gasteiger partial charge in [-0.3, -0.25) is 9.67 Å². The van der Waals surface area contributed by atoms with Crippen molar-refractivity contribution in [2.45, 2.75) is 32.7 Å². The second-order valence-corrected chi connectivity index (χ2v) is 10.6. The number of aromatic nitrogens is 4. The van der Waals surface area contributed by atoms with Crippen molar-refractivity contribution in [3.63, 3.8) is 0 Å². The molecule has 0 unspecified atom stereocenters. The van der Waals surface area contributed by atoms with E-state index in [9.17, 15) is 0 Å². The van der Waals surface area contributed by atoms with E-state index in [0.717, 1.165) is 52.9 Å². The predicted molar refractivity (Wildman–Crippen MR) is 151 cm³/mol. The third-order valence-corrected chi connectivity index (χ3v) is 8.44. The van der Waals surface area contributed by atoms with Gasteiger partial charge in [0.1, 0.15) is 0 Å². The predicted octanol–water partition coefficient (Wildman–Crippen LogP) is 6.93. The molecule has 0 bridgehead atoms. The summed E-state index contributed by atoms with van der Waals surface area (Å²) in [4.78, 5) is 11.1. The smallest absolute Gasteiger partial charge is 0.187 e. The van der Waals surface area contributed by atoms with Crippen molar-refractivity contribution in [3.05, 3.63) is 78.5 Å². The molecule has 1 aliphatic rings. The first-order valence-electron chi connectivity index (χ1n) is 13.1. The average Bonchev–Trinajstić information content (AvgIpc) is 3.52. The molecule has 1 fully saturated rings. The summed E-state index contributed by atoms with van der Waals surface area (Å²) in [5, 5.41) is 6.72. The van der Waals surface area contributed by atoms with Gasteiger partial charge in [-0.25, -0.2) is 4.85 Å². The summed E-state index contributed by atoms with van der Waals surface area (Å²) in [6.07, 6.45) is 9.83. The van der Waals surface area contributed by atoms with E-state index in [1.807, 2.05) is 36.3 Å². The van der Waals surface area contributed by atoms with Gasteiger partial charge in [-0.1, -0.05) is 37.3 Å². The number of rotatable bonds is 5. The minimum atomic E-state index is 0.319. The van der Waals surface area contributed by atoms with Crippen LogP contribution in [0.5, 0.6) is 0 Å². The molecule has 186 valence electrons. The van der Waals surface area contributed by atoms with Crippen LogP contribution < -0.4 is 0 Å². The Hall–Kier alpha value is -3.95. The molecule has 2 aromatic carbocycles. The van der Waals surface area contributed by atoms with Crippen LogP contribution in [0.1, 0.15) is 26.2 Å². The van der Waals surface area contributed by atoms with E-state index in [1.165, 1.54) is 30.2 Å². The monoisotopic (exact) mass is 488 g/mol. The van der Waals surface area contributed by atoms with Crippen molar-refractivity contribution in [2.24, 2.45) is 12.5 Å². The lowest BCUT2D eigenvalue weighted by Crippen LogP contribution is -2.40. The Morgan fingerprint density at radius 2 is 1.70 bits per heavy atom. The molecule has 0 saturated carbocycles. The lowest BCUT2D eigenvalue weighted by atomic mass is 9.76. The zero-order chi connectivity index (χ0) is 25.6. The van der Waals surface area contributed by atoms with Gasteiger partial charge in [-0.05, 0) is 68.6 Å². The maximum atomic E-state index is 7.38. The van der Waals surface area contributed by atoms with Gasteiger partial charge < -0.3 is 9.47 Å². The summed E-state index contributed by atoms with van der Waals surface area (Å²) < 4.78 is 4.31. The molecule has 3 aromatic heterocycles. The van der Waals surface area contributed by atoms with Crippen LogP contribution in [0.3, 0.4) is 0 Å². The number of piperidine rings is 1. The van der Waals surface area contributed by atoms with Gasteiger partial charge in [0.2, 0.25) is 0 Å². The van der Waals surface area contributed by atoms with Gasteiger partial charge in [-0.15, -0.1) is 0 Å². The van der Waals surface area contributed by atoms with Crippen molar-refractivity contribution in [1.29, 1.82) is 0 Å². The maximum Gasteiger partial charge on any atom is 0.187 e. The molecule has 6 rings (SSSR count). The number of benzene rings is 2. The van der Waals surface area contributed by atoms with E-state index in [-0.39, 0.29) is 0 Å². The van der Waals surface area contributed by atoms with E-state index < -0.39 is 0 Å². The second-order valence-electron chi connectivity index (χ2n) is 10.6. The molecule has 0 radical (unpaired) electrons. The van der Waals surface area contributed by atoms with Gasteiger partial charge in [0, 0.05) is 41.7 Å². The first-order chi connectivity index (χ1) is 18.0. The summed E-state index contributed by atoms with van der Waals surface area (Å²) in [6, 6.07) is 16.6. The molecule has 1 saturated heterocycles. The van der Waals surface area contributed by atoms with Crippen LogP contribution in [0.25, 0.3) is 49.0 Å². The Bertz CT molecular complexity index is 1620. The third-order valence-electron chi connectivity index (χ3n) is 8.44. The summed E-state index contributed by atoms with van der Waals surface area (Å²) in [7, 11) is 4.19. The Morgan fingerprint density at radius 1 is 0.946 bits per heavy atom. The van der Waals surface area contributed by atoms with E-state index in [2.05, 4.69) is 76.0 Å². The van der Waals surface area contributed by atoms with Crippen LogP contribution in [0.2, 0.25) is 0 Å². The largest absolute Gasteiger partial charge is 0.346 e. The molecule has 6 nitrogen and oxygen atoms in total. The number of pyridine rings is 1. The lowest BCUT2D eigenvalue weighted by molar-refractivity contribution is 0.0994. The topological polar surface area (TPSA) is 43.2 Å². The molecular formula is C31H32N6. The molecule has 4 heterocycles. The molecule has 0 N–H and O–H groups in total. The Morgan fingerprint density at radius 3 is 2.43 bits per heavy atom. The summed E-state index contributed by atoms with van der Waals surface area (Å²) in [5.41, 5.74) is 7.45. The molecule has 5 aromatic rings. The van der Waals surface area contributed by atoms with Gasteiger partial charge in [0.15, 0.2) is 5.69 Å². The van der Waals surface area contributed by atoms with Crippen LogP contribution in [-0.2, 0) is 13.6 Å². The van der Waals surface area contributed by atoms with E-state index in [0.29, 0.717) is 11.1 Å². The van der Waals surface area contributed by atoms with E-state index in [4.69, 9.17) is 11.6 Å². The number of likely N-dealkylation sites (tertiary alicyclic amines) is 1. The molecular weight excluding hydrogens is 456 g/mol. The highest BCUT2D eigenvalue weighted by Crippen LogP contribution is 2.41. The Balaban J connectivity index is 1.50. The highest BCUT2D eigenvalue weighted by Gasteiger charge is 2.33. The highest BCUT2D eigenvalue weighted by molar-refractivity contribution is 6.02. The quantitative estimate of drug-likeness (QED) is 0.252. The summed E-state index contributed by atoms with van der Waals surface area (Å²) in [5.74, 6) is 0. The molecule has 0 spiro atoms. The van der Waals surface area contributed by atoms with Crippen LogP contribution >= 0.6 is 0 Å². The van der Waals surface area contributed by atoms with Gasteiger partial charge in [0.05, 0.1) is 35.7 Å². The van der Waals surface area contributed by atoms with Crippen molar-refractivity contribution in [2.75, 3.05) is 20.1 Å². The standard InChI is InChI=1S/C31H32N6/c1-5-31(13-16-35(3)17-14-31)21-37-15-12-26-28(37)20-33-30(29(26)22-6-9-25(32-2)10-7-22)23-8-11-27-24(18-23)19-34-36(27)4/h6-12,15,18-20H,5,13-14,16-17,21H2,1,3-4H3. The molecule has 6 heteroatoms. The fourth-order valence-corrected chi connectivity index (χ4v) is 5.90. The van der Waals surface area contributed by atoms with Crippen molar-refractivity contribution in [1.82, 2.24) is 24.2 Å². The molecule has 0 atom stereocenters. The Kier molecular flexibility index (Phi) is 5.81. The van der Waals surface area contributed by atoms with Crippen LogP contribution in [0, 0.1) is 12.0 Å². The van der Waals surface area contributed by atoms with E-state index >= 15 is 0 Å². The van der Waals surface area contributed by atoms with Crippen molar-refractivity contribution >= 4 is 27.5 Å². The van der Waals surface area contributed by atoms with Crippen LogP contribution in [0.15, 0.2) is 67.1 Å². The van der Waals surface area contributed by atoms with Gasteiger partial charge in [0.25, 0.3) is 0 Å². The minimum absolute atomic E-state index is 0.319. The molecule has 0 aliphatic carbocycles.